The van der Waals surface area contributed by atoms with Crippen molar-refractivity contribution in [3.63, 3.8) is 0 Å². The van der Waals surface area contributed by atoms with Gasteiger partial charge in [0.2, 0.25) is 0 Å². The zero-order valence-electron chi connectivity index (χ0n) is 18.3. The lowest BCUT2D eigenvalue weighted by atomic mass is 10.2. The Labute approximate surface area is 197 Å². The van der Waals surface area contributed by atoms with Gasteiger partial charge in [0.05, 0.1) is 18.8 Å². The molecule has 30 heavy (non-hydrogen) atoms. The van der Waals surface area contributed by atoms with E-state index in [9.17, 15) is 0 Å². The Balaban J connectivity index is 0.00000320. The second kappa shape index (κ2) is 12.8. The molecule has 2 aromatic heterocycles. The summed E-state index contributed by atoms with van der Waals surface area (Å²) in [6, 6.07) is 10.2. The van der Waals surface area contributed by atoms with Crippen molar-refractivity contribution in [3.8, 4) is 0 Å². The van der Waals surface area contributed by atoms with Crippen molar-refractivity contribution in [2.75, 3.05) is 57.3 Å². The van der Waals surface area contributed by atoms with E-state index in [1.165, 1.54) is 0 Å². The van der Waals surface area contributed by atoms with Gasteiger partial charge in [-0.2, -0.15) is 0 Å². The van der Waals surface area contributed by atoms with Gasteiger partial charge in [0.25, 0.3) is 0 Å². The minimum absolute atomic E-state index is 0. The van der Waals surface area contributed by atoms with E-state index < -0.39 is 0 Å². The second-order valence-corrected chi connectivity index (χ2v) is 7.11. The van der Waals surface area contributed by atoms with Crippen LogP contribution in [-0.4, -0.2) is 73.1 Å². The highest BCUT2D eigenvalue weighted by Crippen LogP contribution is 2.21. The maximum Gasteiger partial charge on any atom is 0.194 e. The number of nitrogens with zero attached hydrogens (tertiary/aromatic N) is 5. The van der Waals surface area contributed by atoms with E-state index in [2.05, 4.69) is 57.9 Å². The third-order valence-electron chi connectivity index (χ3n) is 5.43. The normalized spacial score (nSPS) is 15.8. The molecule has 0 bridgehead atoms. The van der Waals surface area contributed by atoms with Gasteiger partial charge in [-0.25, -0.2) is 4.98 Å². The lowest BCUT2D eigenvalue weighted by molar-refractivity contribution is 0.197. The Morgan fingerprint density at radius 3 is 2.47 bits per heavy atom. The highest BCUT2D eigenvalue weighted by Gasteiger charge is 2.23. The fourth-order valence-corrected chi connectivity index (χ4v) is 3.82. The van der Waals surface area contributed by atoms with Crippen molar-refractivity contribution in [1.82, 2.24) is 20.1 Å². The first kappa shape index (κ1) is 24.5. The summed E-state index contributed by atoms with van der Waals surface area (Å²) in [7, 11) is 0. The SMILES string of the molecule is CCNC(=NCC(c1ccco1)N(CC)CC)N1CCN(c2ccccn2)CC1.I. The van der Waals surface area contributed by atoms with Crippen LogP contribution in [0, 0.1) is 0 Å². The molecule has 0 saturated carbocycles. The zero-order chi connectivity index (χ0) is 20.5. The van der Waals surface area contributed by atoms with Crippen LogP contribution in [0.5, 0.6) is 0 Å². The Hall–Kier alpha value is -1.81. The molecule has 1 unspecified atom stereocenters. The molecule has 1 aliphatic rings. The highest BCUT2D eigenvalue weighted by atomic mass is 127. The molecule has 1 N–H and O–H groups in total. The van der Waals surface area contributed by atoms with E-state index in [1.807, 2.05) is 24.4 Å². The molecule has 166 valence electrons. The first-order chi connectivity index (χ1) is 14.3. The predicted octanol–water partition coefficient (Wildman–Crippen LogP) is 3.46. The number of rotatable bonds is 8. The molecule has 3 heterocycles. The van der Waals surface area contributed by atoms with Crippen molar-refractivity contribution < 1.29 is 4.42 Å². The van der Waals surface area contributed by atoms with Gasteiger partial charge in [-0.3, -0.25) is 9.89 Å². The number of halogens is 1. The van der Waals surface area contributed by atoms with E-state index in [0.29, 0.717) is 6.54 Å². The number of guanidine groups is 1. The summed E-state index contributed by atoms with van der Waals surface area (Å²) >= 11 is 0. The first-order valence-electron chi connectivity index (χ1n) is 10.7. The minimum Gasteiger partial charge on any atom is -0.468 e. The molecule has 0 aromatic carbocycles. The predicted molar refractivity (Wildman–Crippen MR) is 134 cm³/mol. The topological polar surface area (TPSA) is 60.1 Å². The first-order valence-corrected chi connectivity index (χ1v) is 10.7. The Bertz CT molecular complexity index is 727. The monoisotopic (exact) mass is 526 g/mol. The number of aliphatic imine (C=N–C) groups is 1. The number of hydrogen-bond acceptors (Lipinski definition) is 5. The van der Waals surface area contributed by atoms with Crippen LogP contribution >= 0.6 is 24.0 Å². The molecule has 1 fully saturated rings. The molecule has 0 amide bonds. The fraction of sp³-hybridized carbons (Fsp3) is 0.545. The van der Waals surface area contributed by atoms with Crippen molar-refractivity contribution >= 4 is 35.8 Å². The third kappa shape index (κ3) is 6.34. The van der Waals surface area contributed by atoms with E-state index in [0.717, 1.165) is 63.4 Å². The molecular weight excluding hydrogens is 491 g/mol. The molecule has 3 rings (SSSR count). The Morgan fingerprint density at radius 1 is 1.13 bits per heavy atom. The maximum atomic E-state index is 5.72. The Kier molecular flexibility index (Phi) is 10.4. The van der Waals surface area contributed by atoms with Gasteiger partial charge in [-0.1, -0.05) is 19.9 Å². The molecule has 7 nitrogen and oxygen atoms in total. The summed E-state index contributed by atoms with van der Waals surface area (Å²) in [5.41, 5.74) is 0. The van der Waals surface area contributed by atoms with Gasteiger partial charge in [-0.05, 0) is 44.3 Å². The van der Waals surface area contributed by atoms with E-state index in [1.54, 1.807) is 6.26 Å². The molecule has 1 atom stereocenters. The summed E-state index contributed by atoms with van der Waals surface area (Å²) in [4.78, 5) is 16.6. The van der Waals surface area contributed by atoms with E-state index >= 15 is 0 Å². The molecular formula is C22H35IN6O. The number of piperazine rings is 1. The minimum atomic E-state index is 0. The van der Waals surface area contributed by atoms with Crippen LogP contribution in [0.25, 0.3) is 0 Å². The fourth-order valence-electron chi connectivity index (χ4n) is 3.82. The number of furan rings is 1. The largest absolute Gasteiger partial charge is 0.468 e. The maximum absolute atomic E-state index is 5.72. The number of hydrogen-bond donors (Lipinski definition) is 1. The number of anilines is 1. The van der Waals surface area contributed by atoms with Crippen molar-refractivity contribution in [2.24, 2.45) is 4.99 Å². The summed E-state index contributed by atoms with van der Waals surface area (Å²) in [6.07, 6.45) is 3.60. The van der Waals surface area contributed by atoms with Crippen molar-refractivity contribution in [3.05, 3.63) is 48.6 Å². The molecule has 0 radical (unpaired) electrons. The van der Waals surface area contributed by atoms with Crippen LogP contribution < -0.4 is 10.2 Å². The van der Waals surface area contributed by atoms with Crippen LogP contribution in [-0.2, 0) is 0 Å². The molecule has 1 aliphatic heterocycles. The number of likely N-dealkylation sites (N-methyl/N-ethyl adjacent to an activating group) is 1. The van der Waals surface area contributed by atoms with Gasteiger partial charge in [-0.15, -0.1) is 24.0 Å². The van der Waals surface area contributed by atoms with Crippen LogP contribution in [0.1, 0.15) is 32.6 Å². The molecule has 8 heteroatoms. The summed E-state index contributed by atoms with van der Waals surface area (Å²) in [6.45, 7) is 13.7. The van der Waals surface area contributed by atoms with Crippen LogP contribution in [0.2, 0.25) is 0 Å². The average molecular weight is 526 g/mol. The lowest BCUT2D eigenvalue weighted by Crippen LogP contribution is -2.53. The summed E-state index contributed by atoms with van der Waals surface area (Å²) in [5.74, 6) is 3.01. The number of nitrogens with one attached hydrogen (secondary N) is 1. The number of aromatic nitrogens is 1. The summed E-state index contributed by atoms with van der Waals surface area (Å²) in [5, 5.41) is 3.48. The average Bonchev–Trinajstić information content (AvgIpc) is 3.31. The molecule has 2 aromatic rings. The second-order valence-electron chi connectivity index (χ2n) is 7.11. The third-order valence-corrected chi connectivity index (χ3v) is 5.43. The smallest absolute Gasteiger partial charge is 0.194 e. The van der Waals surface area contributed by atoms with E-state index in [-0.39, 0.29) is 30.0 Å². The molecule has 0 aliphatic carbocycles. The van der Waals surface area contributed by atoms with Crippen LogP contribution in [0.15, 0.2) is 52.2 Å². The van der Waals surface area contributed by atoms with Crippen molar-refractivity contribution in [2.45, 2.75) is 26.8 Å². The molecule has 0 spiro atoms. The van der Waals surface area contributed by atoms with Gasteiger partial charge in [0, 0.05) is 38.9 Å². The standard InChI is InChI=1S/C22H34N6O.HI/c1-4-23-22(25-18-19(26(5-2)6-3)20-10-9-17-29-20)28-15-13-27(14-16-28)21-11-7-8-12-24-21;/h7-12,17,19H,4-6,13-16,18H2,1-3H3,(H,23,25);1H. The number of pyridine rings is 1. The highest BCUT2D eigenvalue weighted by molar-refractivity contribution is 14.0. The zero-order valence-corrected chi connectivity index (χ0v) is 20.7. The quantitative estimate of drug-likeness (QED) is 0.323. The summed E-state index contributed by atoms with van der Waals surface area (Å²) < 4.78 is 5.72. The van der Waals surface area contributed by atoms with Crippen molar-refractivity contribution in [1.29, 1.82) is 0 Å². The lowest BCUT2D eigenvalue weighted by Gasteiger charge is -2.37. The van der Waals surface area contributed by atoms with Crippen LogP contribution in [0.4, 0.5) is 5.82 Å². The van der Waals surface area contributed by atoms with Crippen LogP contribution in [0.3, 0.4) is 0 Å². The van der Waals surface area contributed by atoms with E-state index in [4.69, 9.17) is 9.41 Å². The van der Waals surface area contributed by atoms with Gasteiger partial charge < -0.3 is 19.5 Å². The molecule has 1 saturated heterocycles. The van der Waals surface area contributed by atoms with Gasteiger partial charge in [0.1, 0.15) is 11.6 Å². The van der Waals surface area contributed by atoms with Gasteiger partial charge >= 0.3 is 0 Å². The van der Waals surface area contributed by atoms with Gasteiger partial charge in [0.15, 0.2) is 5.96 Å². The Morgan fingerprint density at radius 2 is 1.90 bits per heavy atom.